The molecule has 12 heteroatoms. The van der Waals surface area contributed by atoms with Gasteiger partial charge in [0.25, 0.3) is 0 Å². The van der Waals surface area contributed by atoms with Crippen LogP contribution in [0.5, 0.6) is 0 Å². The van der Waals surface area contributed by atoms with Crippen LogP contribution in [0.1, 0.15) is 81.6 Å². The van der Waals surface area contributed by atoms with E-state index in [-0.39, 0.29) is 36.6 Å². The number of carbonyl (C=O) groups is 2. The molecule has 0 saturated carbocycles. The number of likely N-dealkylation sites (N-methyl/N-ethyl adjacent to an activating group) is 1. The molecule has 0 aromatic rings. The third-order valence-corrected chi connectivity index (χ3v) is 10.5. The van der Waals surface area contributed by atoms with Crippen molar-refractivity contribution in [2.45, 2.75) is 154 Å². The number of carbonyl (C=O) groups excluding carboxylic acids is 2. The van der Waals surface area contributed by atoms with Crippen LogP contribution in [0, 0.1) is 17.8 Å². The number of aliphatic hydroxyl groups excluding tert-OH is 1. The highest BCUT2D eigenvalue weighted by Crippen LogP contribution is 2.38. The van der Waals surface area contributed by atoms with E-state index < -0.39 is 71.8 Å². The maximum atomic E-state index is 13.6. The van der Waals surface area contributed by atoms with Crippen molar-refractivity contribution in [3.63, 3.8) is 0 Å². The number of hydrogen-bond acceptors (Lipinski definition) is 12. The first-order chi connectivity index (χ1) is 21.7. The number of hydrogen-bond donors (Lipinski definition) is 3. The first kappa shape index (κ1) is 39.8. The Morgan fingerprint density at radius 2 is 1.77 bits per heavy atom. The van der Waals surface area contributed by atoms with E-state index in [2.05, 4.69) is 11.5 Å². The van der Waals surface area contributed by atoms with Gasteiger partial charge in [-0.1, -0.05) is 26.8 Å². The third kappa shape index (κ3) is 9.13. The number of aliphatic hydroxyl groups is 3. The number of morpholine rings is 1. The predicted molar refractivity (Wildman–Crippen MR) is 176 cm³/mol. The van der Waals surface area contributed by atoms with Gasteiger partial charge in [-0.2, -0.15) is 0 Å². The monoisotopic (exact) mass is 670 g/mol. The molecule has 3 aliphatic rings. The lowest BCUT2D eigenvalue weighted by atomic mass is 9.78. The van der Waals surface area contributed by atoms with Crippen molar-refractivity contribution in [3.05, 3.63) is 12.7 Å². The van der Waals surface area contributed by atoms with Gasteiger partial charge in [0.1, 0.15) is 17.8 Å². The Bertz CT molecular complexity index is 1070. The summed E-state index contributed by atoms with van der Waals surface area (Å²) in [7, 11) is 3.79. The van der Waals surface area contributed by atoms with Gasteiger partial charge >= 0.3 is 11.9 Å². The van der Waals surface area contributed by atoms with E-state index in [9.17, 15) is 24.9 Å². The highest BCUT2D eigenvalue weighted by molar-refractivity contribution is 5.73. The summed E-state index contributed by atoms with van der Waals surface area (Å²) in [5.41, 5.74) is -3.07. The normalized spacial score (nSPS) is 47.3. The molecule has 3 rings (SSSR count). The van der Waals surface area contributed by atoms with Crippen LogP contribution in [0.2, 0.25) is 0 Å². The van der Waals surface area contributed by atoms with Gasteiger partial charge < -0.3 is 43.9 Å². The van der Waals surface area contributed by atoms with E-state index >= 15 is 0 Å². The summed E-state index contributed by atoms with van der Waals surface area (Å²) >= 11 is 0. The zero-order valence-corrected chi connectivity index (χ0v) is 30.4. The fourth-order valence-corrected chi connectivity index (χ4v) is 7.98. The van der Waals surface area contributed by atoms with Crippen molar-refractivity contribution in [2.75, 3.05) is 27.2 Å². The lowest BCUT2D eigenvalue weighted by Gasteiger charge is -2.50. The molecule has 272 valence electrons. The van der Waals surface area contributed by atoms with Crippen LogP contribution in [-0.4, -0.2) is 137 Å². The minimum absolute atomic E-state index is 0.0792. The van der Waals surface area contributed by atoms with Gasteiger partial charge in [-0.15, -0.1) is 6.58 Å². The number of rotatable bonds is 6. The van der Waals surface area contributed by atoms with Gasteiger partial charge in [0.05, 0.1) is 42.0 Å². The second-order valence-corrected chi connectivity index (χ2v) is 15.1. The molecule has 3 N–H and O–H groups in total. The van der Waals surface area contributed by atoms with Crippen LogP contribution in [0.15, 0.2) is 12.7 Å². The Morgan fingerprint density at radius 1 is 1.13 bits per heavy atom. The Balaban J connectivity index is 2.08. The molecule has 2 unspecified atom stereocenters. The average Bonchev–Trinajstić information content (AvgIpc) is 2.97. The molecule has 12 nitrogen and oxygen atoms in total. The van der Waals surface area contributed by atoms with Crippen LogP contribution in [0.3, 0.4) is 0 Å². The number of nitrogens with zero attached hydrogens (tertiary/aromatic N) is 2. The predicted octanol–water partition coefficient (Wildman–Crippen LogP) is 2.51. The summed E-state index contributed by atoms with van der Waals surface area (Å²) in [6.07, 6.45) is -3.54. The van der Waals surface area contributed by atoms with Crippen LogP contribution < -0.4 is 0 Å². The van der Waals surface area contributed by atoms with Crippen molar-refractivity contribution < 1.29 is 48.6 Å². The lowest BCUT2D eigenvalue weighted by Crippen LogP contribution is -2.65. The SMILES string of the molecule is C=CC1CN2C[C@H](C)C[C@@](C)(O)[C@H](O[C@H]3O[C@H](C)C[C@H](N(C)C)[C@H]3OC(C)=O)[C@@H](C)[C@H](O)[C@@H](C)C(=O)O[C@H](CC)[C@@](C)(O)[C@@H](O1)[C@H]2C. The Labute approximate surface area is 281 Å². The van der Waals surface area contributed by atoms with Gasteiger partial charge in [-0.25, -0.2) is 0 Å². The molecule has 0 radical (unpaired) electrons. The molecule has 0 aromatic carbocycles. The molecule has 2 bridgehead atoms. The zero-order valence-electron chi connectivity index (χ0n) is 30.4. The molecule has 0 aliphatic carbocycles. The van der Waals surface area contributed by atoms with Crippen LogP contribution in [-0.2, 0) is 33.3 Å². The van der Waals surface area contributed by atoms with Crippen molar-refractivity contribution in [1.82, 2.24) is 9.80 Å². The van der Waals surface area contributed by atoms with Gasteiger partial charge in [0.15, 0.2) is 12.4 Å². The van der Waals surface area contributed by atoms with Gasteiger partial charge in [0, 0.05) is 32.0 Å². The summed E-state index contributed by atoms with van der Waals surface area (Å²) in [5.74, 6) is -3.09. The summed E-state index contributed by atoms with van der Waals surface area (Å²) in [6.45, 7) is 20.7. The highest BCUT2D eigenvalue weighted by atomic mass is 16.7. The van der Waals surface area contributed by atoms with Crippen LogP contribution in [0.25, 0.3) is 0 Å². The fraction of sp³-hybridized carbons (Fsp3) is 0.886. The quantitative estimate of drug-likeness (QED) is 0.282. The second-order valence-electron chi connectivity index (χ2n) is 15.1. The standard InChI is InChI=1S/C35H62N2O10/c1-13-25-18-37-17-19(3)16-34(9,41)30(47-33-29(44-24(8)38)26(36(11)12)15-20(4)43-33)21(5)28(39)22(6)32(40)46-27(14-2)35(10,42)31(45-25)23(37)7/h13,19-23,25-31,33,39,41-42H,1,14-18H2,2-12H3/t19-,20-,21+,22-,23-,25?,26+,27-,28+,29-,30-,31+,33-,34-,35-/m1/s1. The maximum Gasteiger partial charge on any atom is 0.311 e. The average molecular weight is 671 g/mol. The second kappa shape index (κ2) is 15.9. The van der Waals surface area contributed by atoms with Gasteiger partial charge in [0.2, 0.25) is 0 Å². The minimum Gasteiger partial charge on any atom is -0.459 e. The van der Waals surface area contributed by atoms with E-state index in [1.807, 2.05) is 46.7 Å². The smallest absolute Gasteiger partial charge is 0.311 e. The van der Waals surface area contributed by atoms with E-state index in [4.69, 9.17) is 23.7 Å². The Hall–Kier alpha value is -1.64. The molecule has 3 saturated heterocycles. The Morgan fingerprint density at radius 3 is 2.32 bits per heavy atom. The zero-order chi connectivity index (χ0) is 35.6. The molecular formula is C35H62N2O10. The van der Waals surface area contributed by atoms with Crippen molar-refractivity contribution in [2.24, 2.45) is 17.8 Å². The molecule has 47 heavy (non-hydrogen) atoms. The first-order valence-corrected chi connectivity index (χ1v) is 17.2. The molecule has 16 atom stereocenters. The molecule has 3 heterocycles. The largest absolute Gasteiger partial charge is 0.459 e. The maximum absolute atomic E-state index is 13.6. The van der Waals surface area contributed by atoms with Crippen molar-refractivity contribution in [3.8, 4) is 0 Å². The lowest BCUT2D eigenvalue weighted by molar-refractivity contribution is -0.301. The van der Waals surface area contributed by atoms with Crippen LogP contribution in [0.4, 0.5) is 0 Å². The summed E-state index contributed by atoms with van der Waals surface area (Å²) < 4.78 is 30.9. The molecule has 3 fully saturated rings. The topological polar surface area (TPSA) is 147 Å². The molecule has 3 aliphatic heterocycles. The minimum atomic E-state index is -1.55. The van der Waals surface area contributed by atoms with E-state index in [1.54, 1.807) is 33.8 Å². The number of fused-ring (bicyclic) bond motifs is 2. The number of ether oxygens (including phenoxy) is 5. The van der Waals surface area contributed by atoms with E-state index in [1.165, 1.54) is 6.92 Å². The fourth-order valence-electron chi connectivity index (χ4n) is 7.98. The summed E-state index contributed by atoms with van der Waals surface area (Å²) in [5, 5.41) is 35.9. The molecule has 0 amide bonds. The molecular weight excluding hydrogens is 608 g/mol. The van der Waals surface area contributed by atoms with Gasteiger partial charge in [-0.3, -0.25) is 14.5 Å². The summed E-state index contributed by atoms with van der Waals surface area (Å²) in [6, 6.07) is -0.481. The molecule has 0 spiro atoms. The van der Waals surface area contributed by atoms with Crippen molar-refractivity contribution >= 4 is 11.9 Å². The number of esters is 2. The van der Waals surface area contributed by atoms with E-state index in [0.29, 0.717) is 25.9 Å². The van der Waals surface area contributed by atoms with Crippen molar-refractivity contribution in [1.29, 1.82) is 0 Å². The third-order valence-electron chi connectivity index (χ3n) is 10.5. The van der Waals surface area contributed by atoms with Gasteiger partial charge in [-0.05, 0) is 73.9 Å². The Kier molecular flexibility index (Phi) is 13.5. The van der Waals surface area contributed by atoms with Crippen LogP contribution >= 0.6 is 0 Å². The number of cyclic esters (lactones) is 1. The highest BCUT2D eigenvalue weighted by Gasteiger charge is 2.52. The molecule has 0 aromatic heterocycles. The first-order valence-electron chi connectivity index (χ1n) is 17.2. The summed E-state index contributed by atoms with van der Waals surface area (Å²) in [4.78, 5) is 30.0. The van der Waals surface area contributed by atoms with E-state index in [0.717, 1.165) is 0 Å².